The Balaban J connectivity index is 1.44. The molecule has 0 bridgehead atoms. The maximum atomic E-state index is 14.0. The largest absolute Gasteiger partial charge is 0.369 e. The molecule has 7 nitrogen and oxygen atoms in total. The van der Waals surface area contributed by atoms with Crippen LogP contribution in [0.15, 0.2) is 35.1 Å². The second-order valence-electron chi connectivity index (χ2n) is 10.2. The summed E-state index contributed by atoms with van der Waals surface area (Å²) >= 11 is 0. The fraction of sp³-hybridized carbons (Fsp3) is 0.429. The third-order valence-corrected chi connectivity index (χ3v) is 7.78. The first-order valence-electron chi connectivity index (χ1n) is 12.6. The van der Waals surface area contributed by atoms with Crippen LogP contribution in [-0.2, 0) is 7.05 Å². The molecule has 1 aromatic carbocycles. The Morgan fingerprint density at radius 3 is 2.24 bits per heavy atom. The highest BCUT2D eigenvalue weighted by Crippen LogP contribution is 2.38. The minimum atomic E-state index is -0.574. The molecular formula is C28H28F2N6O. The molecule has 0 N–H and O–H groups in total. The number of nitrogens with zero attached hydrogens (tertiary/aromatic N) is 6. The van der Waals surface area contributed by atoms with Gasteiger partial charge in [-0.05, 0) is 68.7 Å². The van der Waals surface area contributed by atoms with Crippen molar-refractivity contribution in [3.63, 3.8) is 0 Å². The van der Waals surface area contributed by atoms with Crippen molar-refractivity contribution in [3.05, 3.63) is 63.6 Å². The van der Waals surface area contributed by atoms with Gasteiger partial charge in [0.15, 0.2) is 0 Å². The highest BCUT2D eigenvalue weighted by Gasteiger charge is 2.34. The monoisotopic (exact) mass is 502 g/mol. The normalized spacial score (nSPS) is 19.3. The van der Waals surface area contributed by atoms with Crippen LogP contribution in [0.2, 0.25) is 0 Å². The zero-order valence-corrected chi connectivity index (χ0v) is 20.9. The molecule has 0 spiro atoms. The number of hydrogen-bond acceptors (Lipinski definition) is 6. The summed E-state index contributed by atoms with van der Waals surface area (Å²) in [6.45, 7) is 0.785. The third kappa shape index (κ3) is 4.74. The smallest absolute Gasteiger partial charge is 0.270 e. The molecule has 2 saturated carbocycles. The molecule has 2 aliphatic carbocycles. The van der Waals surface area contributed by atoms with E-state index in [0.717, 1.165) is 51.1 Å². The predicted octanol–water partition coefficient (Wildman–Crippen LogP) is 4.62. The van der Waals surface area contributed by atoms with Crippen LogP contribution in [0.1, 0.15) is 49.8 Å². The van der Waals surface area contributed by atoms with E-state index in [-0.39, 0.29) is 23.3 Å². The summed E-state index contributed by atoms with van der Waals surface area (Å²) in [5.41, 5.74) is 1.86. The van der Waals surface area contributed by atoms with Gasteiger partial charge >= 0.3 is 0 Å². The summed E-state index contributed by atoms with van der Waals surface area (Å²) in [6.07, 6.45) is 5.44. The van der Waals surface area contributed by atoms with Gasteiger partial charge < -0.3 is 14.4 Å². The lowest BCUT2D eigenvalue weighted by Gasteiger charge is -2.41. The van der Waals surface area contributed by atoms with E-state index in [1.165, 1.54) is 16.7 Å². The van der Waals surface area contributed by atoms with Crippen molar-refractivity contribution >= 4 is 22.4 Å². The molecule has 37 heavy (non-hydrogen) atoms. The van der Waals surface area contributed by atoms with Crippen molar-refractivity contribution in [2.75, 3.05) is 23.4 Å². The van der Waals surface area contributed by atoms with Gasteiger partial charge in [-0.1, -0.05) is 0 Å². The summed E-state index contributed by atoms with van der Waals surface area (Å²) in [7, 11) is 3.46. The molecular weight excluding hydrogens is 474 g/mol. The Kier molecular flexibility index (Phi) is 6.55. The van der Waals surface area contributed by atoms with E-state index in [1.54, 1.807) is 19.2 Å². The number of pyridine rings is 2. The number of nitriles is 2. The second kappa shape index (κ2) is 9.82. The van der Waals surface area contributed by atoms with Gasteiger partial charge in [0.2, 0.25) is 0 Å². The van der Waals surface area contributed by atoms with Gasteiger partial charge in [-0.15, -0.1) is 0 Å². The lowest BCUT2D eigenvalue weighted by atomic mass is 9.88. The molecule has 3 aromatic rings. The maximum absolute atomic E-state index is 14.0. The highest BCUT2D eigenvalue weighted by molar-refractivity contribution is 5.92. The Morgan fingerprint density at radius 1 is 1.00 bits per heavy atom. The number of anilines is 2. The first-order chi connectivity index (χ1) is 17.8. The predicted molar refractivity (Wildman–Crippen MR) is 137 cm³/mol. The molecule has 5 rings (SSSR count). The average Bonchev–Trinajstić information content (AvgIpc) is 3.72. The van der Waals surface area contributed by atoms with Gasteiger partial charge in [0.1, 0.15) is 40.5 Å². The average molecular weight is 503 g/mol. The minimum absolute atomic E-state index is 0.00723. The Morgan fingerprint density at radius 2 is 1.65 bits per heavy atom. The minimum Gasteiger partial charge on any atom is -0.369 e. The highest BCUT2D eigenvalue weighted by atomic mass is 19.1. The topological polar surface area (TPSA) is 88.9 Å². The molecule has 2 aromatic heterocycles. The molecule has 0 aliphatic heterocycles. The van der Waals surface area contributed by atoms with E-state index in [4.69, 9.17) is 0 Å². The summed E-state index contributed by atoms with van der Waals surface area (Å²) in [5, 5.41) is 19.3. The zero-order valence-electron chi connectivity index (χ0n) is 20.9. The van der Waals surface area contributed by atoms with Gasteiger partial charge in [0, 0.05) is 44.5 Å². The van der Waals surface area contributed by atoms with E-state index < -0.39 is 17.2 Å². The van der Waals surface area contributed by atoms with Gasteiger partial charge in [0.05, 0.1) is 11.2 Å². The fourth-order valence-electron chi connectivity index (χ4n) is 5.59. The lowest BCUT2D eigenvalue weighted by Crippen LogP contribution is -2.44. The van der Waals surface area contributed by atoms with E-state index >= 15 is 0 Å². The van der Waals surface area contributed by atoms with Crippen LogP contribution >= 0.6 is 0 Å². The molecule has 9 heteroatoms. The van der Waals surface area contributed by atoms with E-state index in [9.17, 15) is 24.1 Å². The molecule has 0 atom stereocenters. The molecule has 190 valence electrons. The van der Waals surface area contributed by atoms with Crippen molar-refractivity contribution < 1.29 is 8.78 Å². The number of halogens is 2. The van der Waals surface area contributed by atoms with Crippen LogP contribution in [0.5, 0.6) is 0 Å². The number of fused-ring (bicyclic) bond motifs is 1. The molecule has 2 aliphatic rings. The summed E-state index contributed by atoms with van der Waals surface area (Å²) in [4.78, 5) is 21.6. The summed E-state index contributed by atoms with van der Waals surface area (Å²) in [6, 6.07) is 11.3. The number of aryl methyl sites for hydroxylation is 1. The van der Waals surface area contributed by atoms with Crippen LogP contribution in [0.3, 0.4) is 0 Å². The molecule has 0 amide bonds. The Hall–Kier alpha value is -3.98. The first-order valence-corrected chi connectivity index (χ1v) is 12.6. The van der Waals surface area contributed by atoms with Crippen LogP contribution < -0.4 is 15.4 Å². The molecule has 0 radical (unpaired) electrons. The molecule has 2 heterocycles. The van der Waals surface area contributed by atoms with Crippen molar-refractivity contribution in [3.8, 4) is 12.1 Å². The second-order valence-corrected chi connectivity index (χ2v) is 10.2. The van der Waals surface area contributed by atoms with Gasteiger partial charge in [0.25, 0.3) is 5.56 Å². The Bertz CT molecular complexity index is 1470. The van der Waals surface area contributed by atoms with E-state index in [0.29, 0.717) is 28.3 Å². The quantitative estimate of drug-likeness (QED) is 0.489. The molecule has 0 saturated heterocycles. The number of hydrogen-bond donors (Lipinski definition) is 0. The Labute approximate surface area is 214 Å². The number of benzene rings is 1. The number of rotatable bonds is 6. The molecule has 0 unspecified atom stereocenters. The van der Waals surface area contributed by atoms with Crippen LogP contribution in [0.25, 0.3) is 11.0 Å². The molecule has 2 fully saturated rings. The van der Waals surface area contributed by atoms with E-state index in [1.807, 2.05) is 18.0 Å². The fourth-order valence-corrected chi connectivity index (χ4v) is 5.59. The van der Waals surface area contributed by atoms with Crippen molar-refractivity contribution in [2.24, 2.45) is 13.0 Å². The van der Waals surface area contributed by atoms with E-state index in [2.05, 4.69) is 16.0 Å². The van der Waals surface area contributed by atoms with Crippen LogP contribution in [0, 0.1) is 40.2 Å². The van der Waals surface area contributed by atoms with Crippen LogP contribution in [-0.4, -0.2) is 35.2 Å². The van der Waals surface area contributed by atoms with Crippen molar-refractivity contribution in [1.29, 1.82) is 10.5 Å². The van der Waals surface area contributed by atoms with Crippen molar-refractivity contribution in [2.45, 2.75) is 50.6 Å². The van der Waals surface area contributed by atoms with Gasteiger partial charge in [-0.25, -0.2) is 13.8 Å². The van der Waals surface area contributed by atoms with Gasteiger partial charge in [-0.2, -0.15) is 10.5 Å². The van der Waals surface area contributed by atoms with Gasteiger partial charge in [-0.3, -0.25) is 4.79 Å². The lowest BCUT2D eigenvalue weighted by molar-refractivity contribution is 0.364. The van der Waals surface area contributed by atoms with Crippen LogP contribution in [0.4, 0.5) is 20.2 Å². The SMILES string of the molecule is CN(c1c(C#N)c(=O)n(C)c2ccc(C#N)nc12)C1CCC(N(CC2CC2)c2cc(F)cc(F)c2)CC1. The van der Waals surface area contributed by atoms with Crippen molar-refractivity contribution in [1.82, 2.24) is 9.55 Å². The summed E-state index contributed by atoms with van der Waals surface area (Å²) < 4.78 is 29.4. The first kappa shape index (κ1) is 24.7. The summed E-state index contributed by atoms with van der Waals surface area (Å²) in [5.74, 6) is -0.595. The number of aromatic nitrogens is 2. The maximum Gasteiger partial charge on any atom is 0.270 e. The third-order valence-electron chi connectivity index (χ3n) is 7.78. The zero-order chi connectivity index (χ0) is 26.3. The standard InChI is InChI=1S/C28H28F2N6O/c1-34(27-24(15-32)28(37)35(2)25-10-5-20(14-31)33-26(25)27)21-6-8-22(9-7-21)36(16-17-3-4-17)23-12-18(29)11-19(30)13-23/h5,10-13,17,21-22H,3-4,6-9,16H2,1-2H3.